The van der Waals surface area contributed by atoms with Crippen LogP contribution in [0.1, 0.15) is 159 Å². The Kier molecular flexibility index (Phi) is 16.9. The van der Waals surface area contributed by atoms with Gasteiger partial charge in [-0.1, -0.05) is 128 Å². The number of rotatable bonds is 18. The van der Waals surface area contributed by atoms with E-state index in [2.05, 4.69) is 106 Å². The van der Waals surface area contributed by atoms with E-state index in [1.165, 1.54) is 12.1 Å². The molecule has 0 saturated carbocycles. The molecular formula is C53H77F4N3O2Si2. The second kappa shape index (κ2) is 21.0. The summed E-state index contributed by atoms with van der Waals surface area (Å²) in [6.07, 6.45) is 5.37. The zero-order chi connectivity index (χ0) is 47.5. The van der Waals surface area contributed by atoms with Crippen molar-refractivity contribution in [1.82, 2.24) is 14.9 Å². The third kappa shape index (κ3) is 10.2. The number of halogens is 4. The van der Waals surface area contributed by atoms with Crippen LogP contribution in [0, 0.1) is 28.9 Å². The average molecular weight is 920 g/mol. The van der Waals surface area contributed by atoms with Crippen LogP contribution in [0.2, 0.25) is 33.2 Å². The lowest BCUT2D eigenvalue weighted by atomic mass is 9.90. The van der Waals surface area contributed by atoms with Gasteiger partial charge in [-0.25, -0.2) is 17.6 Å². The van der Waals surface area contributed by atoms with Crippen molar-refractivity contribution >= 4 is 38.1 Å². The minimum atomic E-state index is -2.59. The number of aromatic nitrogens is 2. The second-order valence-corrected chi connectivity index (χ2v) is 31.7. The summed E-state index contributed by atoms with van der Waals surface area (Å²) in [6, 6.07) is 7.83. The molecule has 0 bridgehead atoms. The maximum Gasteiger partial charge on any atom is 0.317 e. The fraction of sp³-hybridized carbons (Fsp3) is 0.623. The van der Waals surface area contributed by atoms with E-state index in [-0.39, 0.29) is 85.9 Å². The van der Waals surface area contributed by atoms with Crippen molar-refractivity contribution in [2.75, 3.05) is 26.7 Å². The average Bonchev–Trinajstić information content (AvgIpc) is 3.21. The van der Waals surface area contributed by atoms with E-state index < -0.39 is 39.5 Å². The molecule has 0 amide bonds. The molecule has 0 aliphatic carbocycles. The van der Waals surface area contributed by atoms with E-state index in [1.807, 2.05) is 24.9 Å². The Morgan fingerprint density at radius 2 is 1.45 bits per heavy atom. The van der Waals surface area contributed by atoms with Gasteiger partial charge in [0, 0.05) is 28.8 Å². The Balaban J connectivity index is 1.89. The maximum absolute atomic E-state index is 18.1. The molecule has 2 heterocycles. The number of ether oxygens (including phenoxy) is 1. The van der Waals surface area contributed by atoms with Crippen molar-refractivity contribution in [3.63, 3.8) is 0 Å². The van der Waals surface area contributed by atoms with E-state index in [0.717, 1.165) is 32.2 Å². The van der Waals surface area contributed by atoms with Gasteiger partial charge in [0.1, 0.15) is 37.6 Å². The summed E-state index contributed by atoms with van der Waals surface area (Å²) in [6.45, 7) is 31.2. The highest BCUT2D eigenvalue weighted by molar-refractivity contribution is 6.90. The van der Waals surface area contributed by atoms with Crippen LogP contribution in [-0.2, 0) is 0 Å². The van der Waals surface area contributed by atoms with Gasteiger partial charge in [-0.05, 0) is 102 Å². The molecule has 0 spiro atoms. The standard InChI is InChI=1S/C53H77F4N3O2Si2/c1-16-18-19-21-39(17-2)50-44-30-46(55)48(49(56)51(44)59-52(58-50)61-32-53(57)25-20-26-60(15)31-53)43-29-41(62-64(36(9)10,37(11)12)38(13)14)28-40-22-23-45(54)42(47(40)43)24-27-63(33(3)4,34(5)6)35(7)8/h22-23,28-30,33-39H,16-21,25-26,31-32H2,1-15H3. The summed E-state index contributed by atoms with van der Waals surface area (Å²) >= 11 is 0. The van der Waals surface area contributed by atoms with Crippen molar-refractivity contribution in [1.29, 1.82) is 0 Å². The van der Waals surface area contributed by atoms with Gasteiger partial charge in [0.15, 0.2) is 11.5 Å². The largest absolute Gasteiger partial charge is 0.543 e. The predicted molar refractivity (Wildman–Crippen MR) is 265 cm³/mol. The van der Waals surface area contributed by atoms with Gasteiger partial charge in [-0.3, -0.25) is 0 Å². The third-order valence-corrected chi connectivity index (χ3v) is 27.0. The molecule has 5 nitrogen and oxygen atoms in total. The van der Waals surface area contributed by atoms with Crippen LogP contribution in [0.25, 0.3) is 32.8 Å². The monoisotopic (exact) mass is 920 g/mol. The fourth-order valence-corrected chi connectivity index (χ4v) is 22.0. The zero-order valence-electron chi connectivity index (χ0n) is 41.7. The van der Waals surface area contributed by atoms with Gasteiger partial charge in [-0.15, -0.1) is 5.54 Å². The van der Waals surface area contributed by atoms with E-state index in [1.54, 1.807) is 12.1 Å². The van der Waals surface area contributed by atoms with E-state index in [0.29, 0.717) is 41.5 Å². The number of fused-ring (bicyclic) bond motifs is 2. The number of alkyl halides is 1. The van der Waals surface area contributed by atoms with Crippen LogP contribution in [0.5, 0.6) is 11.8 Å². The van der Waals surface area contributed by atoms with Crippen LogP contribution in [-0.4, -0.2) is 63.7 Å². The molecule has 2 unspecified atom stereocenters. The van der Waals surface area contributed by atoms with Crippen LogP contribution in [0.4, 0.5) is 17.6 Å². The molecule has 1 saturated heterocycles. The first kappa shape index (κ1) is 51.5. The van der Waals surface area contributed by atoms with Crippen molar-refractivity contribution in [3.8, 4) is 34.4 Å². The Labute approximate surface area is 385 Å². The van der Waals surface area contributed by atoms with Crippen LogP contribution >= 0.6 is 0 Å². The Morgan fingerprint density at radius 1 is 0.812 bits per heavy atom. The number of likely N-dealkylation sites (tertiary alicyclic amines) is 1. The number of hydrogen-bond acceptors (Lipinski definition) is 5. The highest BCUT2D eigenvalue weighted by atomic mass is 28.4. The van der Waals surface area contributed by atoms with Gasteiger partial charge in [0.05, 0.1) is 16.8 Å². The second-order valence-electron chi connectivity index (χ2n) is 20.8. The normalized spacial score (nSPS) is 17.1. The van der Waals surface area contributed by atoms with E-state index in [9.17, 15) is 0 Å². The summed E-state index contributed by atoms with van der Waals surface area (Å²) in [5.74, 6) is 1.37. The van der Waals surface area contributed by atoms with E-state index >= 15 is 17.6 Å². The predicted octanol–water partition coefficient (Wildman–Crippen LogP) is 15.9. The van der Waals surface area contributed by atoms with E-state index in [4.69, 9.17) is 14.1 Å². The SMILES string of the molecule is CCCCCC(CC)c1nc(OCC2(F)CCCN(C)C2)nc2c(F)c(-c3cc(O[Si](C(C)C)(C(C)C)C(C)C)cc4ccc(F)c(C#C[Si](C(C)C)(C(C)C)C(C)C)c34)c(F)cc12. The molecule has 352 valence electrons. The Morgan fingerprint density at radius 3 is 2.02 bits per heavy atom. The molecule has 4 aromatic rings. The molecule has 5 rings (SSSR count). The molecule has 64 heavy (non-hydrogen) atoms. The fourth-order valence-electron chi connectivity index (χ4n) is 11.6. The first-order valence-corrected chi connectivity index (χ1v) is 28.6. The summed E-state index contributed by atoms with van der Waals surface area (Å²) in [4.78, 5) is 11.4. The third-order valence-electron chi connectivity index (χ3n) is 14.7. The molecule has 1 fully saturated rings. The molecule has 1 aliphatic heterocycles. The summed E-state index contributed by atoms with van der Waals surface area (Å²) in [7, 11) is -3.09. The highest BCUT2D eigenvalue weighted by Crippen LogP contribution is 2.47. The molecule has 11 heteroatoms. The molecule has 0 N–H and O–H groups in total. The lowest BCUT2D eigenvalue weighted by Gasteiger charge is -2.42. The lowest BCUT2D eigenvalue weighted by Crippen LogP contribution is -2.50. The van der Waals surface area contributed by atoms with Crippen molar-refractivity contribution in [2.45, 2.75) is 187 Å². The molecule has 3 aromatic carbocycles. The molecule has 0 radical (unpaired) electrons. The number of hydrogen-bond donors (Lipinski definition) is 0. The quantitative estimate of drug-likeness (QED) is 0.0431. The number of piperidine rings is 1. The van der Waals surface area contributed by atoms with Gasteiger partial charge in [0.2, 0.25) is 0 Å². The zero-order valence-corrected chi connectivity index (χ0v) is 43.7. The maximum atomic E-state index is 18.1. The number of unbranched alkanes of at least 4 members (excludes halogenated alkanes) is 2. The molecular weight excluding hydrogens is 843 g/mol. The number of benzene rings is 3. The van der Waals surface area contributed by atoms with Crippen molar-refractivity contribution in [2.24, 2.45) is 0 Å². The van der Waals surface area contributed by atoms with Gasteiger partial charge >= 0.3 is 6.01 Å². The molecule has 2 atom stereocenters. The smallest absolute Gasteiger partial charge is 0.317 e. The van der Waals surface area contributed by atoms with Crippen molar-refractivity contribution in [3.05, 3.63) is 59.0 Å². The Hall–Kier alpha value is -3.47. The van der Waals surface area contributed by atoms with Crippen LogP contribution in [0.3, 0.4) is 0 Å². The van der Waals surface area contributed by atoms with Gasteiger partial charge in [0.25, 0.3) is 8.32 Å². The van der Waals surface area contributed by atoms with Crippen LogP contribution in [0.15, 0.2) is 30.3 Å². The van der Waals surface area contributed by atoms with Crippen molar-refractivity contribution < 1.29 is 26.7 Å². The highest BCUT2D eigenvalue weighted by Gasteiger charge is 2.47. The first-order valence-electron chi connectivity index (χ1n) is 24.3. The minimum Gasteiger partial charge on any atom is -0.543 e. The van der Waals surface area contributed by atoms with Crippen LogP contribution < -0.4 is 9.16 Å². The minimum absolute atomic E-state index is 0.108. The Bertz CT molecular complexity index is 2280. The lowest BCUT2D eigenvalue weighted by molar-refractivity contribution is 0.0135. The first-order chi connectivity index (χ1) is 30.1. The summed E-state index contributed by atoms with van der Waals surface area (Å²) in [5, 5.41) is 1.14. The summed E-state index contributed by atoms with van der Waals surface area (Å²) < 4.78 is 81.6. The number of nitrogens with zero attached hydrogens (tertiary/aromatic N) is 3. The van der Waals surface area contributed by atoms with Gasteiger partial charge < -0.3 is 14.1 Å². The molecule has 1 aliphatic rings. The summed E-state index contributed by atoms with van der Waals surface area (Å²) in [5.41, 5.74) is 3.78. The van der Waals surface area contributed by atoms with Gasteiger partial charge in [-0.2, -0.15) is 9.97 Å². The molecule has 1 aromatic heterocycles. The topological polar surface area (TPSA) is 47.5 Å².